The van der Waals surface area contributed by atoms with Crippen molar-refractivity contribution in [2.75, 3.05) is 36.4 Å². The highest BCUT2D eigenvalue weighted by atomic mass is 16.2. The Morgan fingerprint density at radius 3 is 2.23 bits per heavy atom. The van der Waals surface area contributed by atoms with Gasteiger partial charge in [0.2, 0.25) is 0 Å². The fraction of sp³-hybridized carbons (Fsp3) is 0.278. The number of anilines is 2. The number of amides is 2. The van der Waals surface area contributed by atoms with Gasteiger partial charge in [-0.2, -0.15) is 0 Å². The lowest BCUT2D eigenvalue weighted by Crippen LogP contribution is -2.38. The molecule has 0 aromatic heterocycles. The maximum absolute atomic E-state index is 12.4. The van der Waals surface area contributed by atoms with E-state index in [9.17, 15) is 4.79 Å². The van der Waals surface area contributed by atoms with Gasteiger partial charge in [-0.15, -0.1) is 0 Å². The highest BCUT2D eigenvalue weighted by molar-refractivity contribution is 5.89. The Morgan fingerprint density at radius 2 is 1.50 bits per heavy atom. The summed E-state index contributed by atoms with van der Waals surface area (Å²) in [5, 5.41) is 2.96. The molecule has 1 aliphatic rings. The zero-order chi connectivity index (χ0) is 15.2. The van der Waals surface area contributed by atoms with Crippen LogP contribution in [0.15, 0.2) is 60.7 Å². The van der Waals surface area contributed by atoms with Crippen LogP contribution in [0.25, 0.3) is 0 Å². The van der Waals surface area contributed by atoms with Crippen molar-refractivity contribution in [3.8, 4) is 0 Å². The SMILES string of the molecule is O=C(Nc1ccccc1)N1CCCN(c2ccccc2)CC1. The zero-order valence-corrected chi connectivity index (χ0v) is 12.6. The minimum Gasteiger partial charge on any atom is -0.370 e. The molecule has 4 heteroatoms. The Labute approximate surface area is 131 Å². The third kappa shape index (κ3) is 3.58. The molecule has 1 fully saturated rings. The summed E-state index contributed by atoms with van der Waals surface area (Å²) in [6, 6.07) is 20.0. The van der Waals surface area contributed by atoms with Crippen LogP contribution in [-0.2, 0) is 0 Å². The normalized spacial score (nSPS) is 15.3. The van der Waals surface area contributed by atoms with Crippen molar-refractivity contribution in [1.82, 2.24) is 4.90 Å². The molecule has 0 aliphatic carbocycles. The number of urea groups is 1. The molecule has 0 unspecified atom stereocenters. The number of carbonyl (C=O) groups is 1. The first kappa shape index (κ1) is 14.4. The van der Waals surface area contributed by atoms with Crippen molar-refractivity contribution in [2.45, 2.75) is 6.42 Å². The number of nitrogens with one attached hydrogen (secondary N) is 1. The molecule has 0 bridgehead atoms. The molecule has 1 saturated heterocycles. The van der Waals surface area contributed by atoms with Gasteiger partial charge in [0.15, 0.2) is 0 Å². The van der Waals surface area contributed by atoms with Gasteiger partial charge in [-0.05, 0) is 30.7 Å². The summed E-state index contributed by atoms with van der Waals surface area (Å²) in [5.41, 5.74) is 2.07. The second kappa shape index (κ2) is 6.98. The molecule has 2 amide bonds. The van der Waals surface area contributed by atoms with Crippen LogP contribution in [0.5, 0.6) is 0 Å². The zero-order valence-electron chi connectivity index (χ0n) is 12.6. The topological polar surface area (TPSA) is 35.6 Å². The van der Waals surface area contributed by atoms with E-state index in [1.54, 1.807) is 0 Å². The van der Waals surface area contributed by atoms with Gasteiger partial charge >= 0.3 is 6.03 Å². The lowest BCUT2D eigenvalue weighted by molar-refractivity contribution is 0.215. The Bertz CT molecular complexity index is 600. The van der Waals surface area contributed by atoms with Gasteiger partial charge in [0.05, 0.1) is 0 Å². The van der Waals surface area contributed by atoms with Gasteiger partial charge in [-0.3, -0.25) is 0 Å². The van der Waals surface area contributed by atoms with Crippen LogP contribution in [0.2, 0.25) is 0 Å². The lowest BCUT2D eigenvalue weighted by atomic mass is 10.3. The van der Waals surface area contributed by atoms with Gasteiger partial charge < -0.3 is 15.1 Å². The third-order valence-corrected chi connectivity index (χ3v) is 3.93. The van der Waals surface area contributed by atoms with Crippen LogP contribution < -0.4 is 10.2 Å². The van der Waals surface area contributed by atoms with Gasteiger partial charge in [-0.1, -0.05) is 36.4 Å². The highest BCUT2D eigenvalue weighted by Crippen LogP contribution is 2.16. The molecule has 1 N–H and O–H groups in total. The molecule has 0 saturated carbocycles. The lowest BCUT2D eigenvalue weighted by Gasteiger charge is -2.23. The largest absolute Gasteiger partial charge is 0.370 e. The fourth-order valence-electron chi connectivity index (χ4n) is 2.74. The standard InChI is InChI=1S/C18H21N3O/c22-18(19-16-8-3-1-4-9-16)21-13-7-12-20(14-15-21)17-10-5-2-6-11-17/h1-6,8-11H,7,12-15H2,(H,19,22). The first-order valence-electron chi connectivity index (χ1n) is 7.74. The van der Waals surface area contributed by atoms with E-state index in [2.05, 4.69) is 34.5 Å². The summed E-state index contributed by atoms with van der Waals surface area (Å²) in [5.74, 6) is 0. The van der Waals surface area contributed by atoms with E-state index in [0.29, 0.717) is 0 Å². The van der Waals surface area contributed by atoms with Crippen molar-refractivity contribution in [3.05, 3.63) is 60.7 Å². The first-order valence-corrected chi connectivity index (χ1v) is 7.74. The molecular weight excluding hydrogens is 274 g/mol. The van der Waals surface area contributed by atoms with E-state index >= 15 is 0 Å². The van der Waals surface area contributed by atoms with Gasteiger partial charge in [0.25, 0.3) is 0 Å². The van der Waals surface area contributed by atoms with Crippen LogP contribution >= 0.6 is 0 Å². The Balaban J connectivity index is 1.59. The van der Waals surface area contributed by atoms with E-state index in [4.69, 9.17) is 0 Å². The molecule has 3 rings (SSSR count). The van der Waals surface area contributed by atoms with Crippen LogP contribution in [0.1, 0.15) is 6.42 Å². The van der Waals surface area contributed by atoms with Gasteiger partial charge in [0, 0.05) is 37.6 Å². The number of nitrogens with zero attached hydrogens (tertiary/aromatic N) is 2. The van der Waals surface area contributed by atoms with E-state index in [0.717, 1.165) is 38.3 Å². The average molecular weight is 295 g/mol. The monoisotopic (exact) mass is 295 g/mol. The molecule has 0 spiro atoms. The number of para-hydroxylation sites is 2. The van der Waals surface area contributed by atoms with E-state index in [-0.39, 0.29) is 6.03 Å². The summed E-state index contributed by atoms with van der Waals surface area (Å²) in [6.45, 7) is 3.39. The molecule has 22 heavy (non-hydrogen) atoms. The first-order chi connectivity index (χ1) is 10.8. The quantitative estimate of drug-likeness (QED) is 0.921. The molecule has 0 atom stereocenters. The summed E-state index contributed by atoms with van der Waals surface area (Å²) >= 11 is 0. The summed E-state index contributed by atoms with van der Waals surface area (Å²) < 4.78 is 0. The number of benzene rings is 2. The predicted octanol–water partition coefficient (Wildman–Crippen LogP) is 3.43. The Hall–Kier alpha value is -2.49. The molecule has 0 radical (unpaired) electrons. The van der Waals surface area contributed by atoms with Crippen molar-refractivity contribution in [3.63, 3.8) is 0 Å². The highest BCUT2D eigenvalue weighted by Gasteiger charge is 2.19. The van der Waals surface area contributed by atoms with Crippen LogP contribution in [-0.4, -0.2) is 37.1 Å². The molecule has 1 heterocycles. The van der Waals surface area contributed by atoms with E-state index < -0.39 is 0 Å². The summed E-state index contributed by atoms with van der Waals surface area (Å²) in [4.78, 5) is 16.6. The Kier molecular flexibility index (Phi) is 4.59. The number of hydrogen-bond donors (Lipinski definition) is 1. The maximum Gasteiger partial charge on any atom is 0.321 e. The van der Waals surface area contributed by atoms with Gasteiger partial charge in [0.1, 0.15) is 0 Å². The van der Waals surface area contributed by atoms with Crippen molar-refractivity contribution in [2.24, 2.45) is 0 Å². The summed E-state index contributed by atoms with van der Waals surface area (Å²) in [6.07, 6.45) is 0.983. The minimum absolute atomic E-state index is 0.0129. The second-order valence-electron chi connectivity index (χ2n) is 5.46. The van der Waals surface area contributed by atoms with Crippen LogP contribution in [0.4, 0.5) is 16.2 Å². The number of hydrogen-bond acceptors (Lipinski definition) is 2. The molecule has 2 aromatic carbocycles. The van der Waals surface area contributed by atoms with Crippen molar-refractivity contribution in [1.29, 1.82) is 0 Å². The fourth-order valence-corrected chi connectivity index (χ4v) is 2.74. The second-order valence-corrected chi connectivity index (χ2v) is 5.46. The average Bonchev–Trinajstić information content (AvgIpc) is 2.83. The van der Waals surface area contributed by atoms with E-state index in [1.807, 2.05) is 41.3 Å². The van der Waals surface area contributed by atoms with Crippen molar-refractivity contribution >= 4 is 17.4 Å². The number of carbonyl (C=O) groups excluding carboxylic acids is 1. The van der Waals surface area contributed by atoms with E-state index in [1.165, 1.54) is 5.69 Å². The predicted molar refractivity (Wildman–Crippen MR) is 90.3 cm³/mol. The molecule has 1 aliphatic heterocycles. The van der Waals surface area contributed by atoms with Crippen molar-refractivity contribution < 1.29 is 4.79 Å². The molecule has 2 aromatic rings. The third-order valence-electron chi connectivity index (χ3n) is 3.93. The maximum atomic E-state index is 12.4. The molecular formula is C18H21N3O. The van der Waals surface area contributed by atoms with Crippen LogP contribution in [0.3, 0.4) is 0 Å². The molecule has 4 nitrogen and oxygen atoms in total. The Morgan fingerprint density at radius 1 is 0.818 bits per heavy atom. The summed E-state index contributed by atoms with van der Waals surface area (Å²) in [7, 11) is 0. The minimum atomic E-state index is -0.0129. The smallest absolute Gasteiger partial charge is 0.321 e. The molecule has 114 valence electrons. The number of rotatable bonds is 2. The van der Waals surface area contributed by atoms with Crippen LogP contribution in [0, 0.1) is 0 Å². The van der Waals surface area contributed by atoms with Gasteiger partial charge in [-0.25, -0.2) is 4.79 Å².